The van der Waals surface area contributed by atoms with Gasteiger partial charge in [-0.05, 0) is 36.2 Å². The van der Waals surface area contributed by atoms with Crippen LogP contribution >= 0.6 is 0 Å². The highest BCUT2D eigenvalue weighted by Gasteiger charge is 2.64. The van der Waals surface area contributed by atoms with Crippen LogP contribution in [0.5, 0.6) is 0 Å². The van der Waals surface area contributed by atoms with Crippen molar-refractivity contribution in [2.24, 2.45) is 16.7 Å². The Morgan fingerprint density at radius 3 is 2.40 bits per heavy atom. The molecule has 25 heavy (non-hydrogen) atoms. The van der Waals surface area contributed by atoms with E-state index in [4.69, 9.17) is 0 Å². The lowest BCUT2D eigenvalue weighted by molar-refractivity contribution is -0.138. The summed E-state index contributed by atoms with van der Waals surface area (Å²) in [7, 11) is 0. The first-order chi connectivity index (χ1) is 11.9. The summed E-state index contributed by atoms with van der Waals surface area (Å²) in [6.45, 7) is 6.34. The predicted molar refractivity (Wildman–Crippen MR) is 99.2 cm³/mol. The molecule has 1 saturated heterocycles. The summed E-state index contributed by atoms with van der Waals surface area (Å²) in [5, 5.41) is 10.0. The van der Waals surface area contributed by atoms with Crippen LogP contribution in [0, 0.1) is 16.7 Å². The number of nitrogens with zero attached hydrogens (tertiary/aromatic N) is 1. The molecule has 1 heterocycles. The molecule has 3 aliphatic rings. The van der Waals surface area contributed by atoms with Gasteiger partial charge in [-0.2, -0.15) is 0 Å². The molecule has 0 radical (unpaired) electrons. The number of rotatable bonds is 3. The third kappa shape index (κ3) is 2.46. The van der Waals surface area contributed by atoms with Gasteiger partial charge in [-0.1, -0.05) is 63.4 Å². The van der Waals surface area contributed by atoms with Crippen molar-refractivity contribution in [2.45, 2.75) is 57.8 Å². The third-order valence-corrected chi connectivity index (χ3v) is 7.44. The number of hydrogen-bond donors (Lipinski definition) is 1. The van der Waals surface area contributed by atoms with E-state index in [9.17, 15) is 9.90 Å². The fourth-order valence-corrected chi connectivity index (χ4v) is 6.34. The fraction of sp³-hybridized carbons (Fsp3) is 0.682. The molecule has 2 aliphatic carbocycles. The van der Waals surface area contributed by atoms with Crippen molar-refractivity contribution in [3.05, 3.63) is 35.9 Å². The van der Waals surface area contributed by atoms with E-state index in [0.717, 1.165) is 45.2 Å². The minimum absolute atomic E-state index is 0.0499. The van der Waals surface area contributed by atoms with Crippen molar-refractivity contribution < 1.29 is 9.90 Å². The van der Waals surface area contributed by atoms with E-state index in [0.29, 0.717) is 11.8 Å². The Morgan fingerprint density at radius 2 is 1.84 bits per heavy atom. The van der Waals surface area contributed by atoms with E-state index < -0.39 is 0 Å². The van der Waals surface area contributed by atoms with Crippen LogP contribution < -0.4 is 0 Å². The molecule has 136 valence electrons. The summed E-state index contributed by atoms with van der Waals surface area (Å²) in [6.07, 6.45) is 6.46. The molecular formula is C22H31NO2. The second-order valence-electron chi connectivity index (χ2n) is 9.43. The van der Waals surface area contributed by atoms with Crippen molar-refractivity contribution in [2.75, 3.05) is 19.7 Å². The van der Waals surface area contributed by atoms with Gasteiger partial charge in [0.15, 0.2) is 0 Å². The monoisotopic (exact) mass is 341 g/mol. The highest BCUT2D eigenvalue weighted by Crippen LogP contribution is 2.63. The summed E-state index contributed by atoms with van der Waals surface area (Å²) >= 11 is 0. The van der Waals surface area contributed by atoms with Gasteiger partial charge < -0.3 is 10.0 Å². The Balaban J connectivity index is 1.64. The van der Waals surface area contributed by atoms with Crippen molar-refractivity contribution in [3.63, 3.8) is 0 Å². The van der Waals surface area contributed by atoms with Gasteiger partial charge in [-0.15, -0.1) is 0 Å². The molecule has 0 unspecified atom stereocenters. The Hall–Kier alpha value is -1.35. The molecule has 2 saturated carbocycles. The standard InChI is InChI=1S/C22H31NO2/c1-20(2)14-21(16-24)15-23(13-18(20)21)19(25)22(11-7-4-8-12-22)17-9-5-3-6-10-17/h3,5-6,9-10,18,24H,4,7-8,11-16H2,1-2H3/t18-,21-/m1/s1. The number of fused-ring (bicyclic) bond motifs is 1. The van der Waals surface area contributed by atoms with Crippen LogP contribution in [-0.4, -0.2) is 35.6 Å². The minimum atomic E-state index is -0.343. The van der Waals surface area contributed by atoms with Crippen LogP contribution in [0.3, 0.4) is 0 Å². The van der Waals surface area contributed by atoms with Crippen LogP contribution in [0.4, 0.5) is 0 Å². The number of aliphatic hydroxyl groups excluding tert-OH is 1. The van der Waals surface area contributed by atoms with Gasteiger partial charge in [0, 0.05) is 18.5 Å². The van der Waals surface area contributed by atoms with Crippen molar-refractivity contribution in [1.29, 1.82) is 0 Å². The Morgan fingerprint density at radius 1 is 1.16 bits per heavy atom. The van der Waals surface area contributed by atoms with Gasteiger partial charge in [0.1, 0.15) is 0 Å². The van der Waals surface area contributed by atoms with Crippen molar-refractivity contribution in [1.82, 2.24) is 4.90 Å². The van der Waals surface area contributed by atoms with Gasteiger partial charge in [-0.3, -0.25) is 4.79 Å². The fourth-order valence-electron chi connectivity index (χ4n) is 6.34. The molecule has 1 amide bonds. The van der Waals surface area contributed by atoms with E-state index in [-0.39, 0.29) is 22.9 Å². The zero-order valence-electron chi connectivity index (χ0n) is 15.6. The second-order valence-corrected chi connectivity index (χ2v) is 9.43. The van der Waals surface area contributed by atoms with E-state index in [1.54, 1.807) is 0 Å². The van der Waals surface area contributed by atoms with E-state index in [1.807, 2.05) is 6.07 Å². The minimum Gasteiger partial charge on any atom is -0.396 e. The maximum atomic E-state index is 13.8. The maximum absolute atomic E-state index is 13.8. The summed E-state index contributed by atoms with van der Waals surface area (Å²) in [5.41, 5.74) is 1.04. The van der Waals surface area contributed by atoms with E-state index in [2.05, 4.69) is 43.0 Å². The first kappa shape index (κ1) is 17.1. The number of likely N-dealkylation sites (tertiary alicyclic amines) is 1. The number of aliphatic hydroxyl groups is 1. The first-order valence-corrected chi connectivity index (χ1v) is 9.89. The van der Waals surface area contributed by atoms with E-state index in [1.165, 1.54) is 12.0 Å². The SMILES string of the molecule is CC1(C)C[C@]2(CO)CN(C(=O)C3(c4ccccc4)CCCCC3)C[C@H]12. The zero-order chi connectivity index (χ0) is 17.7. The Labute approximate surface area is 151 Å². The molecule has 3 fully saturated rings. The number of amides is 1. The van der Waals surface area contributed by atoms with Crippen LogP contribution in [0.1, 0.15) is 57.9 Å². The smallest absolute Gasteiger partial charge is 0.233 e. The highest BCUT2D eigenvalue weighted by molar-refractivity contribution is 5.89. The molecule has 2 atom stereocenters. The quantitative estimate of drug-likeness (QED) is 0.909. The van der Waals surface area contributed by atoms with Gasteiger partial charge in [-0.25, -0.2) is 0 Å². The van der Waals surface area contributed by atoms with Crippen LogP contribution in [-0.2, 0) is 10.2 Å². The average Bonchev–Trinajstić information content (AvgIpc) is 2.97. The summed E-state index contributed by atoms with van der Waals surface area (Å²) in [4.78, 5) is 15.9. The highest BCUT2D eigenvalue weighted by atomic mass is 16.3. The summed E-state index contributed by atoms with van der Waals surface area (Å²) in [5.74, 6) is 0.752. The first-order valence-electron chi connectivity index (χ1n) is 9.89. The molecule has 0 bridgehead atoms. The van der Waals surface area contributed by atoms with Gasteiger partial charge in [0.05, 0.1) is 12.0 Å². The van der Waals surface area contributed by atoms with Gasteiger partial charge in [0.25, 0.3) is 0 Å². The molecule has 1 aromatic rings. The molecule has 4 rings (SSSR count). The third-order valence-electron chi connectivity index (χ3n) is 7.44. The Bertz CT molecular complexity index is 647. The number of benzene rings is 1. The van der Waals surface area contributed by atoms with Crippen LogP contribution in [0.2, 0.25) is 0 Å². The predicted octanol–water partition coefficient (Wildman–Crippen LogP) is 3.76. The van der Waals surface area contributed by atoms with Gasteiger partial charge in [0.2, 0.25) is 5.91 Å². The topological polar surface area (TPSA) is 40.5 Å². The number of hydrogen-bond acceptors (Lipinski definition) is 2. The molecule has 0 spiro atoms. The molecule has 1 aromatic carbocycles. The maximum Gasteiger partial charge on any atom is 0.233 e. The normalized spacial score (nSPS) is 32.8. The van der Waals surface area contributed by atoms with Gasteiger partial charge >= 0.3 is 0 Å². The molecule has 0 aromatic heterocycles. The zero-order valence-corrected chi connectivity index (χ0v) is 15.6. The molecule has 1 N–H and O–H groups in total. The number of carbonyl (C=O) groups excluding carboxylic acids is 1. The van der Waals surface area contributed by atoms with E-state index >= 15 is 0 Å². The lowest BCUT2D eigenvalue weighted by atomic mass is 9.48. The van der Waals surface area contributed by atoms with Crippen molar-refractivity contribution >= 4 is 5.91 Å². The average molecular weight is 341 g/mol. The molecule has 3 nitrogen and oxygen atoms in total. The molecular weight excluding hydrogens is 310 g/mol. The number of carbonyl (C=O) groups is 1. The lowest BCUT2D eigenvalue weighted by Crippen LogP contribution is -2.54. The molecule has 1 aliphatic heterocycles. The molecule has 3 heteroatoms. The summed E-state index contributed by atoms with van der Waals surface area (Å²) in [6, 6.07) is 10.4. The van der Waals surface area contributed by atoms with Crippen LogP contribution in [0.15, 0.2) is 30.3 Å². The van der Waals surface area contributed by atoms with Crippen molar-refractivity contribution in [3.8, 4) is 0 Å². The largest absolute Gasteiger partial charge is 0.396 e. The second kappa shape index (κ2) is 5.84. The van der Waals surface area contributed by atoms with Crippen LogP contribution in [0.25, 0.3) is 0 Å². The lowest BCUT2D eigenvalue weighted by Gasteiger charge is -2.55. The summed E-state index contributed by atoms with van der Waals surface area (Å²) < 4.78 is 0. The Kier molecular flexibility index (Phi) is 3.99.